The van der Waals surface area contributed by atoms with Crippen LogP contribution in [0.2, 0.25) is 5.02 Å². The van der Waals surface area contributed by atoms with Crippen LogP contribution in [-0.4, -0.2) is 33.9 Å². The zero-order valence-corrected chi connectivity index (χ0v) is 19.1. The van der Waals surface area contributed by atoms with Crippen LogP contribution in [0, 0.1) is 11.6 Å². The van der Waals surface area contributed by atoms with Crippen molar-refractivity contribution >= 4 is 45.9 Å². The maximum Gasteiger partial charge on any atom is 0.262 e. The van der Waals surface area contributed by atoms with Gasteiger partial charge in [0.05, 0.1) is 28.4 Å². The number of amides is 1. The quantitative estimate of drug-likeness (QED) is 0.268. The molecule has 6 nitrogen and oxygen atoms in total. The maximum atomic E-state index is 13.8. The van der Waals surface area contributed by atoms with Gasteiger partial charge >= 0.3 is 0 Å². The first-order valence-electron chi connectivity index (χ1n) is 9.94. The van der Waals surface area contributed by atoms with E-state index in [1.807, 2.05) is 13.8 Å². The van der Waals surface area contributed by atoms with E-state index in [4.69, 9.17) is 16.3 Å². The number of hydrogen-bond acceptors (Lipinski definition) is 5. The number of carbonyl (C=O) groups is 1. The van der Waals surface area contributed by atoms with Crippen LogP contribution < -0.4 is 10.9 Å². The Hall–Kier alpha value is -2.49. The predicted octanol–water partition coefficient (Wildman–Crippen LogP) is 4.87. The largest absolute Gasteiger partial charge is 0.379 e. The molecule has 1 N–H and O–H groups in total. The van der Waals surface area contributed by atoms with Crippen LogP contribution >= 0.6 is 23.4 Å². The molecule has 0 unspecified atom stereocenters. The summed E-state index contributed by atoms with van der Waals surface area (Å²) in [5.41, 5.74) is -0.0939. The van der Waals surface area contributed by atoms with E-state index in [0.717, 1.165) is 30.0 Å². The van der Waals surface area contributed by atoms with Gasteiger partial charge in [-0.1, -0.05) is 23.4 Å². The lowest BCUT2D eigenvalue weighted by Crippen LogP contribution is -2.25. The van der Waals surface area contributed by atoms with Gasteiger partial charge in [0, 0.05) is 24.2 Å². The third-order valence-electron chi connectivity index (χ3n) is 4.39. The van der Waals surface area contributed by atoms with Crippen LogP contribution in [0.5, 0.6) is 0 Å². The van der Waals surface area contributed by atoms with E-state index in [9.17, 15) is 18.4 Å². The number of ether oxygens (including phenoxy) is 1. The molecule has 0 fully saturated rings. The van der Waals surface area contributed by atoms with E-state index in [2.05, 4.69) is 10.3 Å². The SMILES string of the molecule is CC(C)OCCCn1c(SCC(=O)Nc2cc(F)ccc2F)nc2cc(Cl)ccc2c1=O. The molecule has 1 heterocycles. The van der Waals surface area contributed by atoms with Crippen LogP contribution in [0.4, 0.5) is 14.5 Å². The molecule has 0 saturated carbocycles. The van der Waals surface area contributed by atoms with Gasteiger partial charge < -0.3 is 10.1 Å². The molecular formula is C22H22ClF2N3O3S. The smallest absolute Gasteiger partial charge is 0.262 e. The van der Waals surface area contributed by atoms with Crippen LogP contribution in [0.3, 0.4) is 0 Å². The zero-order chi connectivity index (χ0) is 23.3. The number of nitrogens with one attached hydrogen (secondary N) is 1. The Morgan fingerprint density at radius 2 is 2.03 bits per heavy atom. The lowest BCUT2D eigenvalue weighted by Gasteiger charge is -2.14. The van der Waals surface area contributed by atoms with E-state index >= 15 is 0 Å². The fourth-order valence-corrected chi connectivity index (χ4v) is 3.92. The van der Waals surface area contributed by atoms with Crippen molar-refractivity contribution < 1.29 is 18.3 Å². The normalized spacial score (nSPS) is 11.3. The average molecular weight is 482 g/mol. The van der Waals surface area contributed by atoms with Crippen molar-refractivity contribution in [3.63, 3.8) is 0 Å². The molecule has 0 spiro atoms. The summed E-state index contributed by atoms with van der Waals surface area (Å²) in [5.74, 6) is -2.13. The summed E-state index contributed by atoms with van der Waals surface area (Å²) in [5, 5.41) is 3.50. The molecule has 2 aromatic carbocycles. The Balaban J connectivity index is 1.81. The average Bonchev–Trinajstić information content (AvgIpc) is 2.73. The molecule has 0 saturated heterocycles. The van der Waals surface area contributed by atoms with E-state index in [-0.39, 0.29) is 23.1 Å². The molecule has 3 aromatic rings. The minimum atomic E-state index is -0.745. The number of rotatable bonds is 9. The molecule has 0 bridgehead atoms. The van der Waals surface area contributed by atoms with Crippen molar-refractivity contribution in [2.45, 2.75) is 38.1 Å². The van der Waals surface area contributed by atoms with Crippen molar-refractivity contribution in [3.8, 4) is 0 Å². The highest BCUT2D eigenvalue weighted by molar-refractivity contribution is 7.99. The second kappa shape index (κ2) is 10.9. The number of thioether (sulfide) groups is 1. The van der Waals surface area contributed by atoms with Crippen LogP contribution in [-0.2, 0) is 16.1 Å². The summed E-state index contributed by atoms with van der Waals surface area (Å²) >= 11 is 7.06. The lowest BCUT2D eigenvalue weighted by atomic mass is 10.2. The summed E-state index contributed by atoms with van der Waals surface area (Å²) in [4.78, 5) is 29.9. The minimum Gasteiger partial charge on any atom is -0.379 e. The van der Waals surface area contributed by atoms with Crippen LogP contribution in [0.25, 0.3) is 10.9 Å². The Bertz CT molecular complexity index is 1190. The molecule has 1 amide bonds. The van der Waals surface area contributed by atoms with Crippen LogP contribution in [0.1, 0.15) is 20.3 Å². The van der Waals surface area contributed by atoms with Gasteiger partial charge in [0.1, 0.15) is 11.6 Å². The Morgan fingerprint density at radius 3 is 2.78 bits per heavy atom. The molecule has 32 heavy (non-hydrogen) atoms. The maximum absolute atomic E-state index is 13.8. The number of aromatic nitrogens is 2. The highest BCUT2D eigenvalue weighted by atomic mass is 35.5. The van der Waals surface area contributed by atoms with Gasteiger partial charge in [0.2, 0.25) is 5.91 Å². The summed E-state index contributed by atoms with van der Waals surface area (Å²) in [6.07, 6.45) is 0.650. The van der Waals surface area contributed by atoms with Gasteiger partial charge in [0.15, 0.2) is 5.16 Å². The zero-order valence-electron chi connectivity index (χ0n) is 17.5. The van der Waals surface area contributed by atoms with Gasteiger partial charge in [-0.3, -0.25) is 14.2 Å². The molecule has 10 heteroatoms. The van der Waals surface area contributed by atoms with E-state index in [0.29, 0.717) is 40.7 Å². The van der Waals surface area contributed by atoms with E-state index < -0.39 is 17.5 Å². The van der Waals surface area contributed by atoms with Gasteiger partial charge in [0.25, 0.3) is 5.56 Å². The molecule has 3 rings (SSSR count). The molecule has 0 aliphatic rings. The van der Waals surface area contributed by atoms with Gasteiger partial charge in [-0.05, 0) is 50.6 Å². The Labute approximate surface area is 192 Å². The standard InChI is InChI=1S/C22H22ClF2N3O3S/c1-13(2)31-9-3-8-28-21(30)16-6-4-14(23)10-18(16)27-22(28)32-12-20(29)26-19-11-15(24)5-7-17(19)25/h4-7,10-11,13H,3,8-9,12H2,1-2H3,(H,26,29). The van der Waals surface area contributed by atoms with Crippen LogP contribution in [0.15, 0.2) is 46.3 Å². The molecule has 170 valence electrons. The summed E-state index contributed by atoms with van der Waals surface area (Å²) in [6, 6.07) is 7.61. The topological polar surface area (TPSA) is 73.2 Å². The first-order valence-corrected chi connectivity index (χ1v) is 11.3. The number of carbonyl (C=O) groups excluding carboxylic acids is 1. The first-order chi connectivity index (χ1) is 15.2. The lowest BCUT2D eigenvalue weighted by molar-refractivity contribution is -0.113. The molecular weight excluding hydrogens is 460 g/mol. The second-order valence-corrected chi connectivity index (χ2v) is 8.63. The summed E-state index contributed by atoms with van der Waals surface area (Å²) < 4.78 is 34.1. The summed E-state index contributed by atoms with van der Waals surface area (Å²) in [7, 11) is 0. The molecule has 0 aliphatic carbocycles. The summed E-state index contributed by atoms with van der Waals surface area (Å²) in [6.45, 7) is 4.66. The first kappa shape index (κ1) is 24.2. The fraction of sp³-hybridized carbons (Fsp3) is 0.318. The third-order valence-corrected chi connectivity index (χ3v) is 5.61. The number of anilines is 1. The van der Waals surface area contributed by atoms with E-state index in [1.54, 1.807) is 18.2 Å². The van der Waals surface area contributed by atoms with Crippen molar-refractivity contribution in [3.05, 3.63) is 63.4 Å². The molecule has 0 aliphatic heterocycles. The number of halogens is 3. The minimum absolute atomic E-state index is 0.0735. The number of hydrogen-bond donors (Lipinski definition) is 1. The van der Waals surface area contributed by atoms with Crippen molar-refractivity contribution in [1.29, 1.82) is 0 Å². The van der Waals surface area contributed by atoms with Gasteiger partial charge in [-0.15, -0.1) is 0 Å². The van der Waals surface area contributed by atoms with Crippen molar-refractivity contribution in [2.24, 2.45) is 0 Å². The molecule has 1 aromatic heterocycles. The number of fused-ring (bicyclic) bond motifs is 1. The fourth-order valence-electron chi connectivity index (χ4n) is 2.93. The number of nitrogens with zero attached hydrogens (tertiary/aromatic N) is 2. The monoisotopic (exact) mass is 481 g/mol. The molecule has 0 atom stereocenters. The van der Waals surface area contributed by atoms with E-state index in [1.165, 1.54) is 4.57 Å². The predicted molar refractivity (Wildman–Crippen MR) is 122 cm³/mol. The Kier molecular flexibility index (Phi) is 8.22. The van der Waals surface area contributed by atoms with Crippen molar-refractivity contribution in [1.82, 2.24) is 9.55 Å². The molecule has 0 radical (unpaired) electrons. The third kappa shape index (κ3) is 6.27. The highest BCUT2D eigenvalue weighted by Gasteiger charge is 2.15. The second-order valence-electron chi connectivity index (χ2n) is 7.25. The number of benzene rings is 2. The van der Waals surface area contributed by atoms with Gasteiger partial charge in [-0.2, -0.15) is 0 Å². The van der Waals surface area contributed by atoms with Crippen molar-refractivity contribution in [2.75, 3.05) is 17.7 Å². The van der Waals surface area contributed by atoms with Gasteiger partial charge in [-0.25, -0.2) is 13.8 Å². The Morgan fingerprint density at radius 1 is 1.25 bits per heavy atom. The highest BCUT2D eigenvalue weighted by Crippen LogP contribution is 2.22.